The molecule has 1 aliphatic rings. The Labute approximate surface area is 125 Å². The van der Waals surface area contributed by atoms with Crippen LogP contribution in [0, 0.1) is 26.6 Å². The lowest BCUT2D eigenvalue weighted by atomic mass is 10.1. The van der Waals surface area contributed by atoms with Gasteiger partial charge in [0.15, 0.2) is 0 Å². The van der Waals surface area contributed by atoms with Crippen LogP contribution in [0.3, 0.4) is 0 Å². The van der Waals surface area contributed by atoms with E-state index in [2.05, 4.69) is 17.3 Å². The maximum atomic E-state index is 13.4. The first-order chi connectivity index (χ1) is 10.0. The quantitative estimate of drug-likeness (QED) is 0.915. The van der Waals surface area contributed by atoms with E-state index in [-0.39, 0.29) is 5.82 Å². The van der Waals surface area contributed by atoms with Crippen molar-refractivity contribution in [2.45, 2.75) is 52.7 Å². The minimum Gasteiger partial charge on any atom is -0.310 e. The van der Waals surface area contributed by atoms with Gasteiger partial charge in [-0.2, -0.15) is 5.10 Å². The van der Waals surface area contributed by atoms with Crippen molar-refractivity contribution in [3.63, 3.8) is 0 Å². The number of aromatic nitrogens is 2. The van der Waals surface area contributed by atoms with E-state index in [0.717, 1.165) is 23.4 Å². The van der Waals surface area contributed by atoms with Gasteiger partial charge in [0.1, 0.15) is 5.82 Å². The maximum absolute atomic E-state index is 13.4. The summed E-state index contributed by atoms with van der Waals surface area (Å²) in [5.41, 5.74) is 5.60. The van der Waals surface area contributed by atoms with Gasteiger partial charge in [-0.1, -0.05) is 6.07 Å². The normalized spacial score (nSPS) is 14.7. The largest absolute Gasteiger partial charge is 0.310 e. The number of hydrogen-bond acceptors (Lipinski definition) is 2. The highest BCUT2D eigenvalue weighted by atomic mass is 19.1. The van der Waals surface area contributed by atoms with E-state index in [4.69, 9.17) is 0 Å². The second kappa shape index (κ2) is 5.60. The molecule has 4 heteroatoms. The van der Waals surface area contributed by atoms with Crippen molar-refractivity contribution in [2.75, 3.05) is 0 Å². The first-order valence-corrected chi connectivity index (χ1v) is 7.56. The summed E-state index contributed by atoms with van der Waals surface area (Å²) in [7, 11) is 0. The molecule has 1 heterocycles. The van der Waals surface area contributed by atoms with E-state index in [1.165, 1.54) is 30.2 Å². The molecule has 1 aromatic carbocycles. The number of rotatable bonds is 5. The molecule has 0 unspecified atom stereocenters. The summed E-state index contributed by atoms with van der Waals surface area (Å²) >= 11 is 0. The van der Waals surface area contributed by atoms with Gasteiger partial charge in [0.2, 0.25) is 0 Å². The van der Waals surface area contributed by atoms with Crippen LogP contribution in [-0.4, -0.2) is 15.8 Å². The van der Waals surface area contributed by atoms with Crippen molar-refractivity contribution in [1.82, 2.24) is 15.1 Å². The van der Waals surface area contributed by atoms with Crippen LogP contribution in [0.15, 0.2) is 18.2 Å². The lowest BCUT2D eigenvalue weighted by Crippen LogP contribution is -2.16. The predicted molar refractivity (Wildman–Crippen MR) is 81.8 cm³/mol. The number of hydrogen-bond donors (Lipinski definition) is 1. The fourth-order valence-corrected chi connectivity index (χ4v) is 2.65. The van der Waals surface area contributed by atoms with Gasteiger partial charge in [-0.3, -0.25) is 4.68 Å². The monoisotopic (exact) mass is 287 g/mol. The van der Waals surface area contributed by atoms with Gasteiger partial charge in [0.05, 0.1) is 12.2 Å². The van der Waals surface area contributed by atoms with Crippen molar-refractivity contribution in [3.05, 3.63) is 52.1 Å². The predicted octanol–water partition coefficient (Wildman–Crippen LogP) is 3.25. The topological polar surface area (TPSA) is 29.9 Å². The van der Waals surface area contributed by atoms with Gasteiger partial charge in [-0.25, -0.2) is 4.39 Å². The van der Waals surface area contributed by atoms with E-state index < -0.39 is 0 Å². The Bertz CT molecular complexity index is 656. The highest BCUT2D eigenvalue weighted by molar-refractivity contribution is 5.29. The lowest BCUT2D eigenvalue weighted by molar-refractivity contribution is 0.613. The highest BCUT2D eigenvalue weighted by Crippen LogP contribution is 2.21. The first-order valence-electron chi connectivity index (χ1n) is 7.56. The highest BCUT2D eigenvalue weighted by Gasteiger charge is 2.21. The number of nitrogens with zero attached hydrogens (tertiary/aromatic N) is 2. The summed E-state index contributed by atoms with van der Waals surface area (Å²) in [5, 5.41) is 8.17. The Balaban J connectivity index is 1.81. The second-order valence-corrected chi connectivity index (χ2v) is 6.03. The van der Waals surface area contributed by atoms with Gasteiger partial charge >= 0.3 is 0 Å². The summed E-state index contributed by atoms with van der Waals surface area (Å²) in [6, 6.07) is 5.63. The van der Waals surface area contributed by atoms with Crippen molar-refractivity contribution < 1.29 is 4.39 Å². The molecule has 1 aromatic heterocycles. The molecule has 0 spiro atoms. The van der Waals surface area contributed by atoms with Crippen LogP contribution in [0.4, 0.5) is 4.39 Å². The molecule has 3 nitrogen and oxygen atoms in total. The molecule has 0 radical (unpaired) electrons. The fourth-order valence-electron chi connectivity index (χ4n) is 2.65. The molecule has 112 valence electrons. The summed E-state index contributed by atoms with van der Waals surface area (Å²) in [4.78, 5) is 0. The molecule has 1 saturated carbocycles. The average molecular weight is 287 g/mol. The molecule has 0 aliphatic heterocycles. The van der Waals surface area contributed by atoms with Crippen molar-refractivity contribution in [3.8, 4) is 0 Å². The zero-order chi connectivity index (χ0) is 15.0. The molecule has 0 atom stereocenters. The smallest absolute Gasteiger partial charge is 0.123 e. The number of benzene rings is 1. The van der Waals surface area contributed by atoms with Gasteiger partial charge in [0, 0.05) is 23.8 Å². The summed E-state index contributed by atoms with van der Waals surface area (Å²) in [6.45, 7) is 7.66. The Morgan fingerprint density at radius 3 is 2.76 bits per heavy atom. The third kappa shape index (κ3) is 3.16. The van der Waals surface area contributed by atoms with Gasteiger partial charge in [-0.15, -0.1) is 0 Å². The molecule has 21 heavy (non-hydrogen) atoms. The fraction of sp³-hybridized carbons (Fsp3) is 0.471. The minimum atomic E-state index is -0.187. The van der Waals surface area contributed by atoms with Crippen molar-refractivity contribution in [1.29, 1.82) is 0 Å². The molecule has 0 amide bonds. The Kier molecular flexibility index (Phi) is 3.81. The molecule has 1 fully saturated rings. The zero-order valence-corrected chi connectivity index (χ0v) is 12.9. The number of nitrogens with one attached hydrogen (secondary N) is 1. The van der Waals surface area contributed by atoms with E-state index in [1.807, 2.05) is 24.6 Å². The Morgan fingerprint density at radius 2 is 2.05 bits per heavy atom. The molecule has 1 aliphatic carbocycles. The van der Waals surface area contributed by atoms with Crippen LogP contribution in [0.2, 0.25) is 0 Å². The Hall–Kier alpha value is -1.68. The van der Waals surface area contributed by atoms with Crippen LogP contribution < -0.4 is 5.32 Å². The average Bonchev–Trinajstić information content (AvgIpc) is 3.22. The van der Waals surface area contributed by atoms with Crippen molar-refractivity contribution in [2.24, 2.45) is 0 Å². The second-order valence-electron chi connectivity index (χ2n) is 6.03. The van der Waals surface area contributed by atoms with Crippen LogP contribution in [0.25, 0.3) is 0 Å². The third-order valence-electron chi connectivity index (χ3n) is 4.31. The van der Waals surface area contributed by atoms with Crippen LogP contribution >= 0.6 is 0 Å². The molecule has 2 aromatic rings. The SMILES string of the molecule is Cc1ccc(F)cc1Cn1nc(C)c(CNC2CC2)c1C. The molecule has 0 bridgehead atoms. The van der Waals surface area contributed by atoms with E-state index in [9.17, 15) is 4.39 Å². The maximum Gasteiger partial charge on any atom is 0.123 e. The third-order valence-corrected chi connectivity index (χ3v) is 4.31. The molecule has 3 rings (SSSR count). The summed E-state index contributed by atoms with van der Waals surface area (Å²) < 4.78 is 15.4. The first kappa shape index (κ1) is 14.3. The lowest BCUT2D eigenvalue weighted by Gasteiger charge is -2.09. The van der Waals surface area contributed by atoms with Gasteiger partial charge in [-0.05, 0) is 56.9 Å². The van der Waals surface area contributed by atoms with E-state index >= 15 is 0 Å². The molecule has 1 N–H and O–H groups in total. The minimum absolute atomic E-state index is 0.187. The van der Waals surface area contributed by atoms with Gasteiger partial charge in [0.25, 0.3) is 0 Å². The summed E-state index contributed by atoms with van der Waals surface area (Å²) in [6.07, 6.45) is 2.57. The molecular weight excluding hydrogens is 265 g/mol. The number of aryl methyl sites for hydroxylation is 2. The molecular formula is C17H22FN3. The van der Waals surface area contributed by atoms with Crippen LogP contribution in [0.5, 0.6) is 0 Å². The number of halogens is 1. The van der Waals surface area contributed by atoms with Crippen molar-refractivity contribution >= 4 is 0 Å². The summed E-state index contributed by atoms with van der Waals surface area (Å²) in [5.74, 6) is -0.187. The Morgan fingerprint density at radius 1 is 1.29 bits per heavy atom. The molecule has 0 saturated heterocycles. The standard InChI is InChI=1S/C17H22FN3/c1-11-4-5-15(18)8-14(11)10-21-13(3)17(12(2)20-21)9-19-16-6-7-16/h4-5,8,16,19H,6-7,9-10H2,1-3H3. The van der Waals surface area contributed by atoms with E-state index in [1.54, 1.807) is 6.07 Å². The van der Waals surface area contributed by atoms with Crippen LogP contribution in [0.1, 0.15) is 40.9 Å². The van der Waals surface area contributed by atoms with Crippen LogP contribution in [-0.2, 0) is 13.1 Å². The van der Waals surface area contributed by atoms with E-state index in [0.29, 0.717) is 12.6 Å². The van der Waals surface area contributed by atoms with Gasteiger partial charge < -0.3 is 5.32 Å². The zero-order valence-electron chi connectivity index (χ0n) is 12.9.